The summed E-state index contributed by atoms with van der Waals surface area (Å²) < 4.78 is 2.35. The van der Waals surface area contributed by atoms with E-state index in [1.54, 1.807) is 0 Å². The Kier molecular flexibility index (Phi) is 3.52. The molecule has 5 rings (SSSR count). The van der Waals surface area contributed by atoms with Gasteiger partial charge in [0.05, 0.1) is 5.88 Å². The molecule has 0 unspecified atom stereocenters. The van der Waals surface area contributed by atoms with E-state index in [4.69, 9.17) is 11.6 Å². The second kappa shape index (κ2) is 5.26. The highest BCUT2D eigenvalue weighted by molar-refractivity contribution is 6.16. The Balaban J connectivity index is 1.68. The molecule has 0 saturated heterocycles. The molecule has 1 heterocycles. The second-order valence-corrected chi connectivity index (χ2v) is 8.34. The van der Waals surface area contributed by atoms with E-state index in [1.165, 1.54) is 37.9 Å². The monoisotopic (exact) mass is 307 g/mol. The van der Waals surface area contributed by atoms with Crippen molar-refractivity contribution in [2.24, 2.45) is 29.6 Å². The molecule has 4 heteroatoms. The smallest absolute Gasteiger partial charge is 0.147 e. The van der Waals surface area contributed by atoms with Crippen LogP contribution in [0.2, 0.25) is 0 Å². The van der Waals surface area contributed by atoms with Crippen LogP contribution in [-0.2, 0) is 12.4 Å². The lowest BCUT2D eigenvalue weighted by Crippen LogP contribution is -2.44. The molecule has 0 amide bonds. The summed E-state index contributed by atoms with van der Waals surface area (Å²) >= 11 is 6.10. The molecule has 4 aliphatic rings. The van der Waals surface area contributed by atoms with Gasteiger partial charge in [0, 0.05) is 12.5 Å². The number of nitrogens with zero attached hydrogens (tertiary/aromatic N) is 3. The number of alkyl halides is 1. The number of rotatable bonds is 4. The maximum atomic E-state index is 6.10. The largest absolute Gasteiger partial charge is 0.313 e. The van der Waals surface area contributed by atoms with Crippen molar-refractivity contribution in [3.63, 3.8) is 0 Å². The second-order valence-electron chi connectivity index (χ2n) is 8.07. The molecule has 0 radical (unpaired) electrons. The lowest BCUT2D eigenvalue weighted by Gasteiger charge is -2.54. The predicted octanol–water partition coefficient (Wildman–Crippen LogP) is 4.21. The first-order chi connectivity index (χ1) is 10.2. The van der Waals surface area contributed by atoms with E-state index in [0.717, 1.165) is 36.0 Å². The molecule has 1 aromatic rings. The SMILES string of the molecule is CC(C)Cn1c(CCl)nnc1C1C2CC3CC(C2)CC1C3. The third kappa shape index (κ3) is 2.32. The summed E-state index contributed by atoms with van der Waals surface area (Å²) in [6, 6.07) is 0. The minimum atomic E-state index is 0.479. The lowest BCUT2D eigenvalue weighted by atomic mass is 9.51. The fraction of sp³-hybridized carbons (Fsp3) is 0.882. The van der Waals surface area contributed by atoms with Gasteiger partial charge in [-0.25, -0.2) is 0 Å². The molecule has 0 aliphatic heterocycles. The van der Waals surface area contributed by atoms with E-state index in [1.807, 2.05) is 0 Å². The van der Waals surface area contributed by atoms with E-state index in [2.05, 4.69) is 28.6 Å². The van der Waals surface area contributed by atoms with E-state index in [0.29, 0.717) is 17.7 Å². The highest BCUT2D eigenvalue weighted by atomic mass is 35.5. The maximum Gasteiger partial charge on any atom is 0.147 e. The molecule has 4 aliphatic carbocycles. The first-order valence-corrected chi connectivity index (χ1v) is 9.17. The zero-order chi connectivity index (χ0) is 14.6. The van der Waals surface area contributed by atoms with Gasteiger partial charge in [-0.2, -0.15) is 0 Å². The van der Waals surface area contributed by atoms with Crippen molar-refractivity contribution in [1.29, 1.82) is 0 Å². The molecule has 3 nitrogen and oxygen atoms in total. The van der Waals surface area contributed by atoms with Crippen LogP contribution in [-0.4, -0.2) is 14.8 Å². The van der Waals surface area contributed by atoms with Gasteiger partial charge in [-0.05, 0) is 61.7 Å². The average molecular weight is 308 g/mol. The standard InChI is InChI=1S/C17H26ClN3/c1-10(2)9-21-15(8-18)19-20-17(21)16-13-4-11-3-12(6-13)7-14(16)5-11/h10-14,16H,3-9H2,1-2H3. The Morgan fingerprint density at radius 3 is 2.19 bits per heavy atom. The predicted molar refractivity (Wildman–Crippen MR) is 84.2 cm³/mol. The molecular weight excluding hydrogens is 282 g/mol. The third-order valence-electron chi connectivity index (χ3n) is 6.05. The van der Waals surface area contributed by atoms with Gasteiger partial charge in [0.1, 0.15) is 11.6 Å². The van der Waals surface area contributed by atoms with Crippen LogP contribution in [0.15, 0.2) is 0 Å². The molecule has 0 spiro atoms. The van der Waals surface area contributed by atoms with Crippen LogP contribution in [0, 0.1) is 29.6 Å². The summed E-state index contributed by atoms with van der Waals surface area (Å²) in [6.07, 6.45) is 7.24. The highest BCUT2D eigenvalue weighted by Gasteiger charge is 2.50. The Labute approximate surface area is 132 Å². The van der Waals surface area contributed by atoms with Crippen molar-refractivity contribution in [3.8, 4) is 0 Å². The van der Waals surface area contributed by atoms with Crippen molar-refractivity contribution in [2.45, 2.75) is 64.3 Å². The Hall–Kier alpha value is -0.570. The summed E-state index contributed by atoms with van der Waals surface area (Å²) in [7, 11) is 0. The van der Waals surface area contributed by atoms with Gasteiger partial charge >= 0.3 is 0 Å². The number of hydrogen-bond donors (Lipinski definition) is 0. The molecule has 0 atom stereocenters. The fourth-order valence-electron chi connectivity index (χ4n) is 5.61. The van der Waals surface area contributed by atoms with Crippen LogP contribution in [0.3, 0.4) is 0 Å². The van der Waals surface area contributed by atoms with Crippen LogP contribution in [0.25, 0.3) is 0 Å². The van der Waals surface area contributed by atoms with Gasteiger partial charge in [0.2, 0.25) is 0 Å². The average Bonchev–Trinajstić information content (AvgIpc) is 2.80. The summed E-state index contributed by atoms with van der Waals surface area (Å²) in [5.74, 6) is 7.71. The quantitative estimate of drug-likeness (QED) is 0.780. The maximum absolute atomic E-state index is 6.10. The molecule has 4 bridgehead atoms. The van der Waals surface area contributed by atoms with Crippen LogP contribution < -0.4 is 0 Å². The first-order valence-electron chi connectivity index (χ1n) is 8.63. The van der Waals surface area contributed by atoms with Gasteiger partial charge in [0.15, 0.2) is 0 Å². The summed E-state index contributed by atoms with van der Waals surface area (Å²) in [4.78, 5) is 0. The minimum Gasteiger partial charge on any atom is -0.313 e. The molecule has 116 valence electrons. The van der Waals surface area contributed by atoms with Gasteiger partial charge in [0.25, 0.3) is 0 Å². The zero-order valence-corrected chi connectivity index (χ0v) is 13.9. The molecule has 0 aromatic carbocycles. The van der Waals surface area contributed by atoms with Gasteiger partial charge < -0.3 is 4.57 Å². The lowest BCUT2D eigenvalue weighted by molar-refractivity contribution is -0.00707. The molecule has 21 heavy (non-hydrogen) atoms. The van der Waals surface area contributed by atoms with Crippen LogP contribution in [0.5, 0.6) is 0 Å². The summed E-state index contributed by atoms with van der Waals surface area (Å²) in [5, 5.41) is 9.02. The van der Waals surface area contributed by atoms with Crippen molar-refractivity contribution in [1.82, 2.24) is 14.8 Å². The summed E-state index contributed by atoms with van der Waals surface area (Å²) in [6.45, 7) is 5.53. The number of halogens is 1. The summed E-state index contributed by atoms with van der Waals surface area (Å²) in [5.41, 5.74) is 0. The Morgan fingerprint density at radius 1 is 1.05 bits per heavy atom. The van der Waals surface area contributed by atoms with Crippen LogP contribution in [0.1, 0.15) is 63.5 Å². The van der Waals surface area contributed by atoms with Crippen LogP contribution in [0.4, 0.5) is 0 Å². The van der Waals surface area contributed by atoms with E-state index >= 15 is 0 Å². The zero-order valence-electron chi connectivity index (χ0n) is 13.1. The van der Waals surface area contributed by atoms with Crippen molar-refractivity contribution in [3.05, 3.63) is 11.6 Å². The van der Waals surface area contributed by atoms with E-state index < -0.39 is 0 Å². The molecule has 0 N–H and O–H groups in total. The van der Waals surface area contributed by atoms with Crippen molar-refractivity contribution in [2.75, 3.05) is 0 Å². The van der Waals surface area contributed by atoms with E-state index in [9.17, 15) is 0 Å². The van der Waals surface area contributed by atoms with Gasteiger partial charge in [-0.1, -0.05) is 13.8 Å². The van der Waals surface area contributed by atoms with E-state index in [-0.39, 0.29) is 0 Å². The molecular formula is C17H26ClN3. The Bertz CT molecular complexity index is 494. The fourth-order valence-corrected chi connectivity index (χ4v) is 5.80. The van der Waals surface area contributed by atoms with Crippen molar-refractivity contribution < 1.29 is 0 Å². The Morgan fingerprint density at radius 2 is 1.67 bits per heavy atom. The molecule has 1 aromatic heterocycles. The van der Waals surface area contributed by atoms with Gasteiger partial charge in [-0.15, -0.1) is 21.8 Å². The molecule has 4 fully saturated rings. The van der Waals surface area contributed by atoms with Crippen molar-refractivity contribution >= 4 is 11.6 Å². The molecule has 4 saturated carbocycles. The number of hydrogen-bond acceptors (Lipinski definition) is 2. The first kappa shape index (κ1) is 14.0. The third-order valence-corrected chi connectivity index (χ3v) is 6.29. The topological polar surface area (TPSA) is 30.7 Å². The highest BCUT2D eigenvalue weighted by Crippen LogP contribution is 2.59. The number of aromatic nitrogens is 3. The minimum absolute atomic E-state index is 0.479. The van der Waals surface area contributed by atoms with Gasteiger partial charge in [-0.3, -0.25) is 0 Å². The normalized spacial score (nSPS) is 37.6. The van der Waals surface area contributed by atoms with Crippen LogP contribution >= 0.6 is 11.6 Å².